The summed E-state index contributed by atoms with van der Waals surface area (Å²) in [4.78, 5) is -0.524. The highest BCUT2D eigenvalue weighted by atomic mass is 32.2. The molecule has 3 rings (SSSR count). The van der Waals surface area contributed by atoms with Gasteiger partial charge in [-0.1, -0.05) is 24.3 Å². The standard InChI is InChI=1S/C13H10O6S2/c14-20(15,16)11-5-2-4-9-10(11)7-8-3-1-6-12(13(8)9)21(17,18)19/h1-6H,7H2,(H,14,15,16)(H,17,18,19). The lowest BCUT2D eigenvalue weighted by atomic mass is 10.1. The van der Waals surface area contributed by atoms with Crippen molar-refractivity contribution in [3.05, 3.63) is 47.5 Å². The van der Waals surface area contributed by atoms with Gasteiger partial charge in [0.15, 0.2) is 0 Å². The molecule has 0 amide bonds. The van der Waals surface area contributed by atoms with Gasteiger partial charge in [0, 0.05) is 12.0 Å². The van der Waals surface area contributed by atoms with E-state index in [9.17, 15) is 25.9 Å². The highest BCUT2D eigenvalue weighted by Gasteiger charge is 2.30. The summed E-state index contributed by atoms with van der Waals surface area (Å²) in [6, 6.07) is 8.61. The Morgan fingerprint density at radius 2 is 1.38 bits per heavy atom. The third kappa shape index (κ3) is 2.26. The summed E-state index contributed by atoms with van der Waals surface area (Å²) in [5, 5.41) is 0. The van der Waals surface area contributed by atoms with Gasteiger partial charge in [0.05, 0.1) is 4.90 Å². The van der Waals surface area contributed by atoms with Crippen LogP contribution in [0.3, 0.4) is 0 Å². The molecule has 1 aliphatic rings. The van der Waals surface area contributed by atoms with Crippen molar-refractivity contribution < 1.29 is 25.9 Å². The molecule has 0 bridgehead atoms. The van der Waals surface area contributed by atoms with Crippen molar-refractivity contribution in [2.24, 2.45) is 0 Å². The minimum Gasteiger partial charge on any atom is -0.282 e. The van der Waals surface area contributed by atoms with Crippen molar-refractivity contribution in [3.63, 3.8) is 0 Å². The Morgan fingerprint density at radius 3 is 2.00 bits per heavy atom. The van der Waals surface area contributed by atoms with E-state index in [1.54, 1.807) is 12.1 Å². The zero-order valence-electron chi connectivity index (χ0n) is 10.5. The molecular formula is C13H10O6S2. The molecule has 21 heavy (non-hydrogen) atoms. The van der Waals surface area contributed by atoms with E-state index in [1.165, 1.54) is 24.3 Å². The predicted molar refractivity (Wildman–Crippen MR) is 74.3 cm³/mol. The highest BCUT2D eigenvalue weighted by Crippen LogP contribution is 2.42. The number of hydrogen-bond acceptors (Lipinski definition) is 4. The fourth-order valence-corrected chi connectivity index (χ4v) is 4.15. The minimum atomic E-state index is -4.43. The molecule has 8 heteroatoms. The molecule has 0 saturated carbocycles. The first kappa shape index (κ1) is 14.2. The van der Waals surface area contributed by atoms with Crippen molar-refractivity contribution >= 4 is 20.2 Å². The molecule has 110 valence electrons. The molecule has 0 aliphatic heterocycles. The quantitative estimate of drug-likeness (QED) is 0.695. The van der Waals surface area contributed by atoms with Crippen molar-refractivity contribution in [3.8, 4) is 11.1 Å². The molecule has 0 atom stereocenters. The van der Waals surface area contributed by atoms with E-state index >= 15 is 0 Å². The number of fused-ring (bicyclic) bond motifs is 3. The lowest BCUT2D eigenvalue weighted by Gasteiger charge is -2.07. The summed E-state index contributed by atoms with van der Waals surface area (Å²) in [5.74, 6) is 0. The van der Waals surface area contributed by atoms with Crippen LogP contribution in [0.15, 0.2) is 46.2 Å². The Balaban J connectivity index is 2.39. The Hall–Kier alpha value is -1.74. The van der Waals surface area contributed by atoms with Crippen molar-refractivity contribution in [1.82, 2.24) is 0 Å². The Labute approximate surface area is 121 Å². The Bertz CT molecular complexity index is 958. The van der Waals surface area contributed by atoms with Crippen LogP contribution in [-0.2, 0) is 26.7 Å². The topological polar surface area (TPSA) is 109 Å². The molecule has 2 aromatic rings. The molecule has 0 radical (unpaired) electrons. The molecule has 0 unspecified atom stereocenters. The smallest absolute Gasteiger partial charge is 0.282 e. The van der Waals surface area contributed by atoms with Crippen LogP contribution >= 0.6 is 0 Å². The van der Waals surface area contributed by atoms with Gasteiger partial charge < -0.3 is 0 Å². The average molecular weight is 326 g/mol. The number of benzene rings is 2. The normalized spacial score (nSPS) is 13.8. The Kier molecular flexibility index (Phi) is 2.96. The maximum Gasteiger partial charge on any atom is 0.295 e. The van der Waals surface area contributed by atoms with Crippen LogP contribution in [0.25, 0.3) is 11.1 Å². The van der Waals surface area contributed by atoms with E-state index in [-0.39, 0.29) is 21.8 Å². The molecule has 0 saturated heterocycles. The van der Waals surface area contributed by atoms with E-state index in [2.05, 4.69) is 0 Å². The van der Waals surface area contributed by atoms with Gasteiger partial charge in [0.1, 0.15) is 4.90 Å². The minimum absolute atomic E-state index is 0.171. The van der Waals surface area contributed by atoms with Crippen LogP contribution in [0.4, 0.5) is 0 Å². The highest BCUT2D eigenvalue weighted by molar-refractivity contribution is 7.86. The summed E-state index contributed by atoms with van der Waals surface area (Å²) < 4.78 is 64.3. The maximum atomic E-state index is 11.5. The van der Waals surface area contributed by atoms with Crippen LogP contribution in [0, 0.1) is 0 Å². The van der Waals surface area contributed by atoms with Gasteiger partial charge in [0.25, 0.3) is 20.2 Å². The summed E-state index contributed by atoms with van der Waals surface area (Å²) >= 11 is 0. The summed E-state index contributed by atoms with van der Waals surface area (Å²) in [6.45, 7) is 0. The summed E-state index contributed by atoms with van der Waals surface area (Å²) in [5.41, 5.74) is 1.57. The van der Waals surface area contributed by atoms with Gasteiger partial charge in [-0.05, 0) is 28.8 Å². The second-order valence-electron chi connectivity index (χ2n) is 4.70. The first-order valence-electron chi connectivity index (χ1n) is 5.89. The van der Waals surface area contributed by atoms with E-state index in [0.29, 0.717) is 16.7 Å². The molecule has 0 aromatic heterocycles. The fraction of sp³-hybridized carbons (Fsp3) is 0.0769. The fourth-order valence-electron chi connectivity index (χ4n) is 2.66. The largest absolute Gasteiger partial charge is 0.295 e. The zero-order chi connectivity index (χ0) is 15.4. The molecule has 0 spiro atoms. The van der Waals surface area contributed by atoms with Crippen LogP contribution in [0.1, 0.15) is 11.1 Å². The lowest BCUT2D eigenvalue weighted by Crippen LogP contribution is -2.02. The molecule has 2 N–H and O–H groups in total. The molecule has 6 nitrogen and oxygen atoms in total. The van der Waals surface area contributed by atoms with Crippen molar-refractivity contribution in [1.29, 1.82) is 0 Å². The molecule has 0 fully saturated rings. The van der Waals surface area contributed by atoms with E-state index in [4.69, 9.17) is 0 Å². The zero-order valence-corrected chi connectivity index (χ0v) is 12.1. The van der Waals surface area contributed by atoms with E-state index in [0.717, 1.165) is 0 Å². The van der Waals surface area contributed by atoms with Crippen LogP contribution in [0.2, 0.25) is 0 Å². The first-order valence-corrected chi connectivity index (χ1v) is 8.77. The predicted octanol–water partition coefficient (Wildman–Crippen LogP) is 1.75. The van der Waals surface area contributed by atoms with Gasteiger partial charge in [-0.25, -0.2) is 0 Å². The summed E-state index contributed by atoms with van der Waals surface area (Å²) in [6.07, 6.45) is 0.171. The number of rotatable bonds is 2. The van der Waals surface area contributed by atoms with Crippen molar-refractivity contribution in [2.45, 2.75) is 16.2 Å². The van der Waals surface area contributed by atoms with Gasteiger partial charge >= 0.3 is 0 Å². The molecule has 1 aliphatic carbocycles. The third-order valence-corrected chi connectivity index (χ3v) is 5.27. The van der Waals surface area contributed by atoms with Gasteiger partial charge in [0.2, 0.25) is 0 Å². The van der Waals surface area contributed by atoms with Gasteiger partial charge in [-0.15, -0.1) is 0 Å². The van der Waals surface area contributed by atoms with E-state index in [1.807, 2.05) is 0 Å². The first-order chi connectivity index (χ1) is 9.69. The van der Waals surface area contributed by atoms with Gasteiger partial charge in [-0.2, -0.15) is 16.8 Å². The van der Waals surface area contributed by atoms with Crippen molar-refractivity contribution in [2.75, 3.05) is 0 Å². The maximum absolute atomic E-state index is 11.5. The molecular weight excluding hydrogens is 316 g/mol. The van der Waals surface area contributed by atoms with Gasteiger partial charge in [-0.3, -0.25) is 9.11 Å². The SMILES string of the molecule is O=S(=O)(O)c1cccc2c1Cc1cccc(S(=O)(=O)O)c1-2. The average Bonchev–Trinajstić information content (AvgIpc) is 2.74. The van der Waals surface area contributed by atoms with Crippen LogP contribution in [-0.4, -0.2) is 25.9 Å². The summed E-state index contributed by atoms with van der Waals surface area (Å²) in [7, 11) is -8.84. The second-order valence-corrected chi connectivity index (χ2v) is 7.48. The van der Waals surface area contributed by atoms with Crippen LogP contribution < -0.4 is 0 Å². The Morgan fingerprint density at radius 1 is 0.810 bits per heavy atom. The van der Waals surface area contributed by atoms with Crippen LogP contribution in [0.5, 0.6) is 0 Å². The molecule has 2 aromatic carbocycles. The third-order valence-electron chi connectivity index (χ3n) is 3.44. The monoisotopic (exact) mass is 326 g/mol. The second kappa shape index (κ2) is 4.38. The number of hydrogen-bond donors (Lipinski definition) is 2. The lowest BCUT2D eigenvalue weighted by molar-refractivity contribution is 0.480. The van der Waals surface area contributed by atoms with E-state index < -0.39 is 20.2 Å². The molecule has 0 heterocycles.